The molecule has 1 aromatic carbocycles. The lowest BCUT2D eigenvalue weighted by atomic mass is 9.99. The van der Waals surface area contributed by atoms with Gasteiger partial charge >= 0.3 is 0 Å². The largest absolute Gasteiger partial charge is 0.395 e. The van der Waals surface area contributed by atoms with E-state index in [9.17, 15) is 8.42 Å². The van der Waals surface area contributed by atoms with Crippen LogP contribution in [0.3, 0.4) is 0 Å². The van der Waals surface area contributed by atoms with Crippen LogP contribution >= 0.6 is 0 Å². The Labute approximate surface area is 121 Å². The molecule has 0 aromatic heterocycles. The first-order chi connectivity index (χ1) is 9.47. The van der Waals surface area contributed by atoms with Gasteiger partial charge in [0.1, 0.15) is 0 Å². The van der Waals surface area contributed by atoms with Crippen LogP contribution in [0, 0.1) is 0 Å². The van der Waals surface area contributed by atoms with Crippen molar-refractivity contribution in [2.75, 3.05) is 19.7 Å². The van der Waals surface area contributed by atoms with E-state index in [4.69, 9.17) is 5.11 Å². The molecule has 0 heterocycles. The minimum atomic E-state index is -3.57. The molecule has 0 amide bonds. The highest BCUT2D eigenvalue weighted by Crippen LogP contribution is 2.22. The highest BCUT2D eigenvalue weighted by atomic mass is 32.2. The smallest absolute Gasteiger partial charge is 0.243 e. The van der Waals surface area contributed by atoms with Gasteiger partial charge in [-0.05, 0) is 30.0 Å². The average molecular weight is 297 g/mol. The summed E-state index contributed by atoms with van der Waals surface area (Å²) >= 11 is 0. The number of nitrogens with zero attached hydrogens (tertiary/aromatic N) is 1. The van der Waals surface area contributed by atoms with Gasteiger partial charge in [0, 0.05) is 13.1 Å². The molecule has 20 heavy (non-hydrogen) atoms. The third-order valence-electron chi connectivity index (χ3n) is 3.38. The molecule has 0 radical (unpaired) electrons. The van der Waals surface area contributed by atoms with Crippen molar-refractivity contribution in [1.82, 2.24) is 4.31 Å². The third kappa shape index (κ3) is 3.91. The fraction of sp³-hybridized carbons (Fsp3) is 0.467. The zero-order valence-corrected chi connectivity index (χ0v) is 12.9. The van der Waals surface area contributed by atoms with Crippen LogP contribution in [0.1, 0.15) is 31.7 Å². The van der Waals surface area contributed by atoms with Crippen molar-refractivity contribution in [3.63, 3.8) is 0 Å². The van der Waals surface area contributed by atoms with Crippen LogP contribution < -0.4 is 0 Å². The second-order valence-corrected chi connectivity index (χ2v) is 6.69. The maximum Gasteiger partial charge on any atom is 0.243 e. The predicted octanol–water partition coefficient (Wildman–Crippen LogP) is 2.37. The SMILES string of the molecule is C=CCN(CCO)S(=O)(=O)c1ccc(C(C)CC)cc1. The molecule has 0 aliphatic heterocycles. The van der Waals surface area contributed by atoms with Crippen LogP contribution in [0.2, 0.25) is 0 Å². The van der Waals surface area contributed by atoms with Crippen LogP contribution in [0.5, 0.6) is 0 Å². The third-order valence-corrected chi connectivity index (χ3v) is 5.26. The molecule has 0 saturated carbocycles. The second kappa shape index (κ2) is 7.57. The summed E-state index contributed by atoms with van der Waals surface area (Å²) in [4.78, 5) is 0.250. The van der Waals surface area contributed by atoms with Gasteiger partial charge in [-0.15, -0.1) is 6.58 Å². The Kier molecular flexibility index (Phi) is 6.39. The molecule has 1 atom stereocenters. The summed E-state index contributed by atoms with van der Waals surface area (Å²) < 4.78 is 26.1. The maximum atomic E-state index is 12.4. The Balaban J connectivity index is 3.05. The molecular formula is C15H23NO3S. The van der Waals surface area contributed by atoms with Crippen LogP contribution in [-0.2, 0) is 10.0 Å². The molecular weight excluding hydrogens is 274 g/mol. The number of rotatable bonds is 8. The van der Waals surface area contributed by atoms with Gasteiger partial charge in [-0.1, -0.05) is 32.1 Å². The summed E-state index contributed by atoms with van der Waals surface area (Å²) in [6.07, 6.45) is 2.53. The molecule has 0 spiro atoms. The van der Waals surface area contributed by atoms with Crippen molar-refractivity contribution in [2.45, 2.75) is 31.1 Å². The molecule has 0 aliphatic rings. The van der Waals surface area contributed by atoms with Crippen molar-refractivity contribution in [3.8, 4) is 0 Å². The van der Waals surface area contributed by atoms with E-state index in [0.717, 1.165) is 12.0 Å². The molecule has 1 N–H and O–H groups in total. The molecule has 1 rings (SSSR count). The minimum absolute atomic E-state index is 0.0709. The van der Waals surface area contributed by atoms with Crippen molar-refractivity contribution < 1.29 is 13.5 Å². The molecule has 0 aliphatic carbocycles. The number of aliphatic hydroxyl groups excluding tert-OH is 1. The van der Waals surface area contributed by atoms with Gasteiger partial charge in [0.05, 0.1) is 11.5 Å². The lowest BCUT2D eigenvalue weighted by Gasteiger charge is -2.20. The van der Waals surface area contributed by atoms with Crippen LogP contribution in [0.4, 0.5) is 0 Å². The summed E-state index contributed by atoms with van der Waals surface area (Å²) in [7, 11) is -3.57. The summed E-state index contributed by atoms with van der Waals surface area (Å²) in [6.45, 7) is 7.81. The molecule has 112 valence electrons. The summed E-state index contributed by atoms with van der Waals surface area (Å²) in [5, 5.41) is 8.98. The van der Waals surface area contributed by atoms with Gasteiger partial charge < -0.3 is 5.11 Å². The van der Waals surface area contributed by atoms with Gasteiger partial charge in [0.2, 0.25) is 10.0 Å². The Hall–Kier alpha value is -1.17. The highest BCUT2D eigenvalue weighted by Gasteiger charge is 2.22. The van der Waals surface area contributed by atoms with E-state index in [1.807, 2.05) is 12.1 Å². The zero-order valence-electron chi connectivity index (χ0n) is 12.1. The van der Waals surface area contributed by atoms with Gasteiger partial charge in [-0.2, -0.15) is 4.31 Å². The molecule has 0 fully saturated rings. The van der Waals surface area contributed by atoms with E-state index in [0.29, 0.717) is 5.92 Å². The maximum absolute atomic E-state index is 12.4. The fourth-order valence-electron chi connectivity index (χ4n) is 1.92. The fourth-order valence-corrected chi connectivity index (χ4v) is 3.32. The average Bonchev–Trinajstić information content (AvgIpc) is 2.46. The molecule has 5 heteroatoms. The Bertz CT molecular complexity index is 523. The summed E-state index contributed by atoms with van der Waals surface area (Å²) in [5.41, 5.74) is 1.13. The summed E-state index contributed by atoms with van der Waals surface area (Å²) in [5.74, 6) is 0.411. The van der Waals surface area contributed by atoms with Gasteiger partial charge in [0.25, 0.3) is 0 Å². The zero-order chi connectivity index (χ0) is 15.2. The van der Waals surface area contributed by atoms with Crippen LogP contribution in [-0.4, -0.2) is 37.5 Å². The van der Waals surface area contributed by atoms with Crippen molar-refractivity contribution >= 4 is 10.0 Å². The minimum Gasteiger partial charge on any atom is -0.395 e. The Morgan fingerprint density at radius 2 is 1.95 bits per heavy atom. The standard InChI is InChI=1S/C15H23NO3S/c1-4-10-16(11-12-17)20(18,19)15-8-6-14(7-9-15)13(3)5-2/h4,6-9,13,17H,1,5,10-12H2,2-3H3. The second-order valence-electron chi connectivity index (χ2n) is 4.75. The Morgan fingerprint density at radius 1 is 1.35 bits per heavy atom. The van der Waals surface area contributed by atoms with Crippen molar-refractivity contribution in [3.05, 3.63) is 42.5 Å². The monoisotopic (exact) mass is 297 g/mol. The number of hydrogen-bond acceptors (Lipinski definition) is 3. The number of benzene rings is 1. The molecule has 0 saturated heterocycles. The van der Waals surface area contributed by atoms with Gasteiger partial charge in [-0.25, -0.2) is 8.42 Å². The number of aliphatic hydroxyl groups is 1. The van der Waals surface area contributed by atoms with E-state index < -0.39 is 10.0 Å². The predicted molar refractivity (Wildman–Crippen MR) is 81.2 cm³/mol. The first-order valence-electron chi connectivity index (χ1n) is 6.79. The van der Waals surface area contributed by atoms with Crippen LogP contribution in [0.25, 0.3) is 0 Å². The lowest BCUT2D eigenvalue weighted by Crippen LogP contribution is -2.33. The topological polar surface area (TPSA) is 57.6 Å². The number of hydrogen-bond donors (Lipinski definition) is 1. The van der Waals surface area contributed by atoms with Crippen molar-refractivity contribution in [1.29, 1.82) is 0 Å². The first kappa shape index (κ1) is 16.9. The first-order valence-corrected chi connectivity index (χ1v) is 8.23. The molecule has 4 nitrogen and oxygen atoms in total. The van der Waals surface area contributed by atoms with Gasteiger partial charge in [-0.3, -0.25) is 0 Å². The highest BCUT2D eigenvalue weighted by molar-refractivity contribution is 7.89. The molecule has 1 aromatic rings. The lowest BCUT2D eigenvalue weighted by molar-refractivity contribution is 0.260. The van der Waals surface area contributed by atoms with E-state index >= 15 is 0 Å². The molecule has 0 bridgehead atoms. The van der Waals surface area contributed by atoms with E-state index in [-0.39, 0.29) is 24.6 Å². The van der Waals surface area contributed by atoms with Crippen molar-refractivity contribution in [2.24, 2.45) is 0 Å². The quantitative estimate of drug-likeness (QED) is 0.749. The normalized spacial score (nSPS) is 13.4. The van der Waals surface area contributed by atoms with Gasteiger partial charge in [0.15, 0.2) is 0 Å². The van der Waals surface area contributed by atoms with E-state index in [1.54, 1.807) is 12.1 Å². The van der Waals surface area contributed by atoms with E-state index in [1.165, 1.54) is 10.4 Å². The molecule has 1 unspecified atom stereocenters. The Morgan fingerprint density at radius 3 is 2.40 bits per heavy atom. The summed E-state index contributed by atoms with van der Waals surface area (Å²) in [6, 6.07) is 6.97. The number of sulfonamides is 1. The van der Waals surface area contributed by atoms with Crippen LogP contribution in [0.15, 0.2) is 41.8 Å². The van der Waals surface area contributed by atoms with E-state index in [2.05, 4.69) is 20.4 Å².